The van der Waals surface area contributed by atoms with Crippen molar-refractivity contribution in [1.82, 2.24) is 0 Å². The van der Waals surface area contributed by atoms with E-state index in [1.807, 2.05) is 0 Å². The summed E-state index contributed by atoms with van der Waals surface area (Å²) in [6, 6.07) is 17.5. The Hall–Kier alpha value is -1.23. The molecule has 2 aromatic rings. The molecule has 0 saturated carbocycles. The average Bonchev–Trinajstić information content (AvgIpc) is 2.54. The largest absolute Gasteiger partial charge is 0.381 e. The summed E-state index contributed by atoms with van der Waals surface area (Å²) in [5.41, 5.74) is 3.88. The van der Waals surface area contributed by atoms with Crippen LogP contribution in [0.3, 0.4) is 0 Å². The summed E-state index contributed by atoms with van der Waals surface area (Å²) in [4.78, 5) is 2.50. The van der Waals surface area contributed by atoms with Crippen molar-refractivity contribution in [2.75, 3.05) is 23.3 Å². The summed E-state index contributed by atoms with van der Waals surface area (Å²) in [6.45, 7) is 3.29. The fourth-order valence-corrected chi connectivity index (χ4v) is 3.32. The van der Waals surface area contributed by atoms with Gasteiger partial charge < -0.3 is 10.2 Å². The van der Waals surface area contributed by atoms with Crippen molar-refractivity contribution in [1.29, 1.82) is 0 Å². The Morgan fingerprint density at radius 1 is 0.952 bits per heavy atom. The van der Waals surface area contributed by atoms with Crippen molar-refractivity contribution in [3.8, 4) is 0 Å². The maximum atomic E-state index is 3.48. The summed E-state index contributed by atoms with van der Waals surface area (Å²) in [5, 5.41) is 3.48. The Balaban J connectivity index is 1.59. The molecule has 1 heterocycles. The lowest BCUT2D eigenvalue weighted by Gasteiger charge is -2.28. The van der Waals surface area contributed by atoms with Gasteiger partial charge in [-0.3, -0.25) is 0 Å². The van der Waals surface area contributed by atoms with Crippen LogP contribution in [0.15, 0.2) is 48.5 Å². The Labute approximate surface area is 140 Å². The standard InChI is InChI=1S/C18H21IN2/c19-16-5-4-6-17(13-16)20-14-15-7-9-18(10-8-15)21-11-2-1-3-12-21/h4-10,13,20H,1-3,11-12,14H2. The molecule has 0 aliphatic carbocycles. The highest BCUT2D eigenvalue weighted by atomic mass is 127. The summed E-state index contributed by atoms with van der Waals surface area (Å²) in [7, 11) is 0. The summed E-state index contributed by atoms with van der Waals surface area (Å²) >= 11 is 2.34. The van der Waals surface area contributed by atoms with Crippen LogP contribution in [-0.4, -0.2) is 13.1 Å². The maximum absolute atomic E-state index is 3.48. The van der Waals surface area contributed by atoms with E-state index < -0.39 is 0 Å². The number of hydrogen-bond acceptors (Lipinski definition) is 2. The predicted octanol–water partition coefficient (Wildman–Crippen LogP) is 4.89. The van der Waals surface area contributed by atoms with Gasteiger partial charge in [-0.25, -0.2) is 0 Å². The fourth-order valence-electron chi connectivity index (χ4n) is 2.78. The van der Waals surface area contributed by atoms with Crippen molar-refractivity contribution < 1.29 is 0 Å². The number of nitrogens with zero attached hydrogens (tertiary/aromatic N) is 1. The SMILES string of the molecule is Ic1cccc(NCc2ccc(N3CCCCC3)cc2)c1. The molecule has 1 N–H and O–H groups in total. The molecule has 1 aliphatic heterocycles. The van der Waals surface area contributed by atoms with Crippen molar-refractivity contribution in [2.24, 2.45) is 0 Å². The second kappa shape index (κ2) is 7.16. The van der Waals surface area contributed by atoms with Gasteiger partial charge in [0.25, 0.3) is 0 Å². The van der Waals surface area contributed by atoms with Crippen molar-refractivity contribution in [3.63, 3.8) is 0 Å². The number of nitrogens with one attached hydrogen (secondary N) is 1. The van der Waals surface area contributed by atoms with E-state index >= 15 is 0 Å². The van der Waals surface area contributed by atoms with E-state index in [2.05, 4.69) is 81.3 Å². The minimum absolute atomic E-state index is 0.875. The van der Waals surface area contributed by atoms with Gasteiger partial charge in [-0.1, -0.05) is 18.2 Å². The number of benzene rings is 2. The first-order valence-corrected chi connectivity index (χ1v) is 8.72. The van der Waals surface area contributed by atoms with Gasteiger partial charge in [0.1, 0.15) is 0 Å². The Morgan fingerprint density at radius 3 is 2.43 bits per heavy atom. The molecular formula is C18H21IN2. The second-order valence-corrected chi connectivity index (χ2v) is 6.82. The minimum atomic E-state index is 0.875. The molecule has 1 fully saturated rings. The van der Waals surface area contributed by atoms with Gasteiger partial charge in [0.15, 0.2) is 0 Å². The van der Waals surface area contributed by atoms with E-state index in [1.54, 1.807) is 0 Å². The topological polar surface area (TPSA) is 15.3 Å². The van der Waals surface area contributed by atoms with Gasteiger partial charge >= 0.3 is 0 Å². The highest BCUT2D eigenvalue weighted by Gasteiger charge is 2.10. The third-order valence-corrected chi connectivity index (χ3v) is 4.65. The Kier molecular flexibility index (Phi) is 5.01. The first kappa shape index (κ1) is 14.7. The number of piperidine rings is 1. The highest BCUT2D eigenvalue weighted by Crippen LogP contribution is 2.21. The van der Waals surface area contributed by atoms with Gasteiger partial charge in [-0.2, -0.15) is 0 Å². The molecule has 1 aliphatic rings. The van der Waals surface area contributed by atoms with Gasteiger partial charge in [-0.15, -0.1) is 0 Å². The van der Waals surface area contributed by atoms with Crippen molar-refractivity contribution in [3.05, 3.63) is 57.7 Å². The van der Waals surface area contributed by atoms with Gasteiger partial charge in [0.05, 0.1) is 0 Å². The highest BCUT2D eigenvalue weighted by molar-refractivity contribution is 14.1. The number of halogens is 1. The van der Waals surface area contributed by atoms with Crippen molar-refractivity contribution >= 4 is 34.0 Å². The lowest BCUT2D eigenvalue weighted by molar-refractivity contribution is 0.578. The second-order valence-electron chi connectivity index (χ2n) is 5.58. The molecular weight excluding hydrogens is 371 g/mol. The molecule has 2 aromatic carbocycles. The van der Waals surface area contributed by atoms with E-state index in [1.165, 1.54) is 52.9 Å². The number of anilines is 2. The van der Waals surface area contributed by atoms with Crippen molar-refractivity contribution in [2.45, 2.75) is 25.8 Å². The van der Waals surface area contributed by atoms with E-state index in [9.17, 15) is 0 Å². The molecule has 1 saturated heterocycles. The van der Waals surface area contributed by atoms with E-state index in [0.717, 1.165) is 6.54 Å². The molecule has 110 valence electrons. The third-order valence-electron chi connectivity index (χ3n) is 3.98. The quantitative estimate of drug-likeness (QED) is 0.746. The molecule has 0 aromatic heterocycles. The molecule has 0 unspecified atom stereocenters. The molecule has 3 rings (SSSR count). The number of rotatable bonds is 4. The molecule has 3 heteroatoms. The molecule has 0 radical (unpaired) electrons. The van der Waals surface area contributed by atoms with Gasteiger partial charge in [0.2, 0.25) is 0 Å². The first-order valence-electron chi connectivity index (χ1n) is 7.64. The van der Waals surface area contributed by atoms with Crippen LogP contribution in [-0.2, 0) is 6.54 Å². The predicted molar refractivity (Wildman–Crippen MR) is 99.0 cm³/mol. The van der Waals surface area contributed by atoms with E-state index in [4.69, 9.17) is 0 Å². The zero-order valence-electron chi connectivity index (χ0n) is 12.2. The van der Waals surface area contributed by atoms with Gasteiger partial charge in [-0.05, 0) is 77.7 Å². The van der Waals surface area contributed by atoms with Gasteiger partial charge in [0, 0.05) is 34.6 Å². The molecule has 0 spiro atoms. The third kappa shape index (κ3) is 4.13. The Morgan fingerprint density at radius 2 is 1.71 bits per heavy atom. The zero-order chi connectivity index (χ0) is 14.5. The van der Waals surface area contributed by atoms with Crippen LogP contribution in [0.1, 0.15) is 24.8 Å². The average molecular weight is 392 g/mol. The maximum Gasteiger partial charge on any atom is 0.0400 e. The Bertz CT molecular complexity index is 574. The first-order chi connectivity index (χ1) is 10.3. The summed E-state index contributed by atoms with van der Waals surface area (Å²) in [6.07, 6.45) is 4.04. The van der Waals surface area contributed by atoms with E-state index in [-0.39, 0.29) is 0 Å². The van der Waals surface area contributed by atoms with Crippen LogP contribution in [0.5, 0.6) is 0 Å². The van der Waals surface area contributed by atoms with Crippen LogP contribution in [0.25, 0.3) is 0 Å². The lowest BCUT2D eigenvalue weighted by Crippen LogP contribution is -2.29. The van der Waals surface area contributed by atoms with E-state index in [0.29, 0.717) is 0 Å². The zero-order valence-corrected chi connectivity index (χ0v) is 14.3. The normalized spacial score (nSPS) is 15.0. The molecule has 0 bridgehead atoms. The van der Waals surface area contributed by atoms with Crippen LogP contribution in [0.4, 0.5) is 11.4 Å². The van der Waals surface area contributed by atoms with Crippen LogP contribution < -0.4 is 10.2 Å². The summed E-state index contributed by atoms with van der Waals surface area (Å²) in [5.74, 6) is 0. The smallest absolute Gasteiger partial charge is 0.0400 e. The van der Waals surface area contributed by atoms with Crippen LogP contribution >= 0.6 is 22.6 Å². The van der Waals surface area contributed by atoms with Crippen LogP contribution in [0, 0.1) is 3.57 Å². The fraction of sp³-hybridized carbons (Fsp3) is 0.333. The monoisotopic (exact) mass is 392 g/mol. The lowest BCUT2D eigenvalue weighted by atomic mass is 10.1. The molecule has 2 nitrogen and oxygen atoms in total. The molecule has 0 amide bonds. The minimum Gasteiger partial charge on any atom is -0.381 e. The molecule has 0 atom stereocenters. The number of hydrogen-bond donors (Lipinski definition) is 1. The van der Waals surface area contributed by atoms with Crippen LogP contribution in [0.2, 0.25) is 0 Å². The summed E-state index contributed by atoms with van der Waals surface area (Å²) < 4.78 is 1.26. The molecule has 21 heavy (non-hydrogen) atoms.